The number of carbonyl (C=O) groups excluding carboxylic acids is 1. The van der Waals surface area contributed by atoms with Crippen LogP contribution in [0.5, 0.6) is 0 Å². The third-order valence-electron chi connectivity index (χ3n) is 7.47. The Morgan fingerprint density at radius 1 is 1.23 bits per heavy atom. The third kappa shape index (κ3) is 3.55. The molecule has 4 atom stereocenters. The number of aromatic nitrogens is 5. The Morgan fingerprint density at radius 2 is 2.11 bits per heavy atom. The van der Waals surface area contributed by atoms with Gasteiger partial charge in [-0.3, -0.25) is 4.79 Å². The molecule has 2 fully saturated rings. The number of nitrogens with zero attached hydrogens (tertiary/aromatic N) is 5. The molecule has 0 saturated heterocycles. The van der Waals surface area contributed by atoms with Crippen LogP contribution in [-0.4, -0.2) is 67.6 Å². The third-order valence-corrected chi connectivity index (χ3v) is 7.47. The van der Waals surface area contributed by atoms with Crippen LogP contribution in [0.3, 0.4) is 0 Å². The van der Waals surface area contributed by atoms with Crippen LogP contribution in [0.4, 0.5) is 5.82 Å². The standard InChI is InChI=1S/C25H29N7O3/c1-26-22-11-18(29-24-15(12-28-32(22)24)25(34)30-17-8-9-20(17)33)16-13-31(19-6-3-7-21(19)35-2)23-14(16)5-4-10-27-23/h4-5,10-13,17,19-21,26,33H,3,6-9H2,1-2H3,(H,30,34)/t17?,19-,20?,21-/m0/s1. The van der Waals surface area contributed by atoms with Crippen molar-refractivity contribution in [1.82, 2.24) is 29.5 Å². The molecule has 2 aliphatic rings. The molecule has 4 aromatic heterocycles. The molecule has 4 heterocycles. The number of fused-ring (bicyclic) bond motifs is 2. The quantitative estimate of drug-likeness (QED) is 0.392. The molecule has 2 unspecified atom stereocenters. The van der Waals surface area contributed by atoms with E-state index in [1.54, 1.807) is 11.6 Å². The Kier molecular flexibility index (Phi) is 5.42. The van der Waals surface area contributed by atoms with Crippen LogP contribution in [0.25, 0.3) is 27.9 Å². The van der Waals surface area contributed by atoms with E-state index in [1.807, 2.05) is 25.4 Å². The van der Waals surface area contributed by atoms with E-state index in [2.05, 4.69) is 32.6 Å². The molecule has 0 bridgehead atoms. The normalized spacial score (nSPS) is 24.1. The first-order valence-corrected chi connectivity index (χ1v) is 12.1. The smallest absolute Gasteiger partial charge is 0.257 e. The number of carbonyl (C=O) groups is 1. The zero-order valence-electron chi connectivity index (χ0n) is 19.8. The highest BCUT2D eigenvalue weighted by Crippen LogP contribution is 2.38. The molecule has 10 nitrogen and oxygen atoms in total. The van der Waals surface area contributed by atoms with Gasteiger partial charge in [-0.15, -0.1) is 0 Å². The van der Waals surface area contributed by atoms with Gasteiger partial charge < -0.3 is 25.0 Å². The zero-order valence-corrected chi connectivity index (χ0v) is 19.8. The number of pyridine rings is 1. The fourth-order valence-corrected chi connectivity index (χ4v) is 5.38. The first kappa shape index (κ1) is 22.0. The Hall–Kier alpha value is -3.50. The molecule has 4 aromatic rings. The lowest BCUT2D eigenvalue weighted by atomic mass is 9.89. The summed E-state index contributed by atoms with van der Waals surface area (Å²) in [7, 11) is 3.59. The first-order valence-electron chi connectivity index (χ1n) is 12.1. The second-order valence-electron chi connectivity index (χ2n) is 9.39. The molecule has 1 amide bonds. The summed E-state index contributed by atoms with van der Waals surface area (Å²) in [6.07, 6.45) is 9.74. The summed E-state index contributed by atoms with van der Waals surface area (Å²) >= 11 is 0. The highest BCUT2D eigenvalue weighted by molar-refractivity contribution is 6.01. The molecule has 3 N–H and O–H groups in total. The fraction of sp³-hybridized carbons (Fsp3) is 0.440. The van der Waals surface area contributed by atoms with Gasteiger partial charge in [0.15, 0.2) is 5.65 Å². The molecule has 0 aromatic carbocycles. The van der Waals surface area contributed by atoms with Gasteiger partial charge in [0.1, 0.15) is 17.0 Å². The van der Waals surface area contributed by atoms with Crippen molar-refractivity contribution >= 4 is 28.4 Å². The van der Waals surface area contributed by atoms with Gasteiger partial charge in [0.2, 0.25) is 0 Å². The average molecular weight is 476 g/mol. The number of nitrogens with one attached hydrogen (secondary N) is 2. The maximum Gasteiger partial charge on any atom is 0.257 e. The van der Waals surface area contributed by atoms with Gasteiger partial charge in [0, 0.05) is 43.6 Å². The van der Waals surface area contributed by atoms with Crippen molar-refractivity contribution in [2.45, 2.75) is 56.4 Å². The van der Waals surface area contributed by atoms with Crippen LogP contribution in [-0.2, 0) is 4.74 Å². The van der Waals surface area contributed by atoms with Crippen molar-refractivity contribution in [1.29, 1.82) is 0 Å². The highest BCUT2D eigenvalue weighted by atomic mass is 16.5. The topological polar surface area (TPSA) is 119 Å². The minimum atomic E-state index is -0.498. The summed E-state index contributed by atoms with van der Waals surface area (Å²) < 4.78 is 9.62. The van der Waals surface area contributed by atoms with Crippen LogP contribution in [0, 0.1) is 0 Å². The SMILES string of the molecule is CNc1cc(-c2cn([C@H]3CCC[C@@H]3OC)c3ncccc23)nc2c(C(=O)NC3CCC3O)cnn12. The Labute approximate surface area is 202 Å². The van der Waals surface area contributed by atoms with E-state index in [0.29, 0.717) is 23.4 Å². The summed E-state index contributed by atoms with van der Waals surface area (Å²) in [5.41, 5.74) is 3.40. The maximum absolute atomic E-state index is 13.0. The van der Waals surface area contributed by atoms with Gasteiger partial charge >= 0.3 is 0 Å². The van der Waals surface area contributed by atoms with Gasteiger partial charge in [-0.1, -0.05) is 0 Å². The van der Waals surface area contributed by atoms with Crippen LogP contribution >= 0.6 is 0 Å². The van der Waals surface area contributed by atoms with Crippen molar-refractivity contribution in [3.63, 3.8) is 0 Å². The van der Waals surface area contributed by atoms with Gasteiger partial charge in [-0.2, -0.15) is 9.61 Å². The summed E-state index contributed by atoms with van der Waals surface area (Å²) in [5, 5.41) is 21.4. The van der Waals surface area contributed by atoms with E-state index >= 15 is 0 Å². The van der Waals surface area contributed by atoms with Crippen molar-refractivity contribution in [2.24, 2.45) is 0 Å². The van der Waals surface area contributed by atoms with Crippen LogP contribution in [0.2, 0.25) is 0 Å². The molecular weight excluding hydrogens is 446 g/mol. The van der Waals surface area contributed by atoms with E-state index in [-0.39, 0.29) is 24.1 Å². The van der Waals surface area contributed by atoms with Gasteiger partial charge in [-0.05, 0) is 44.2 Å². The van der Waals surface area contributed by atoms with E-state index in [1.165, 1.54) is 6.20 Å². The van der Waals surface area contributed by atoms with Crippen molar-refractivity contribution in [2.75, 3.05) is 19.5 Å². The summed E-state index contributed by atoms with van der Waals surface area (Å²) in [6.45, 7) is 0. The molecule has 35 heavy (non-hydrogen) atoms. The number of rotatable bonds is 6. The Balaban J connectivity index is 1.47. The summed E-state index contributed by atoms with van der Waals surface area (Å²) in [4.78, 5) is 22.6. The average Bonchev–Trinajstić information content (AvgIpc) is 3.61. The molecule has 2 aliphatic carbocycles. The van der Waals surface area contributed by atoms with E-state index in [9.17, 15) is 9.90 Å². The maximum atomic E-state index is 13.0. The molecule has 182 valence electrons. The monoisotopic (exact) mass is 475 g/mol. The lowest BCUT2D eigenvalue weighted by Gasteiger charge is -2.32. The largest absolute Gasteiger partial charge is 0.391 e. The Morgan fingerprint density at radius 3 is 2.86 bits per heavy atom. The predicted molar refractivity (Wildman–Crippen MR) is 131 cm³/mol. The van der Waals surface area contributed by atoms with Crippen LogP contribution < -0.4 is 10.6 Å². The lowest BCUT2D eigenvalue weighted by molar-refractivity contribution is 0.0448. The van der Waals surface area contributed by atoms with E-state index < -0.39 is 6.10 Å². The molecule has 2 saturated carbocycles. The molecule has 0 aliphatic heterocycles. The van der Waals surface area contributed by atoms with Crippen molar-refractivity contribution in [3.8, 4) is 11.3 Å². The number of hydrogen-bond donors (Lipinski definition) is 3. The van der Waals surface area contributed by atoms with E-state index in [0.717, 1.165) is 48.0 Å². The van der Waals surface area contributed by atoms with Crippen molar-refractivity contribution in [3.05, 3.63) is 42.4 Å². The number of hydrogen-bond acceptors (Lipinski definition) is 7. The molecular formula is C25H29N7O3. The highest BCUT2D eigenvalue weighted by Gasteiger charge is 2.32. The number of ether oxygens (including phenoxy) is 1. The minimum Gasteiger partial charge on any atom is -0.391 e. The number of anilines is 1. The van der Waals surface area contributed by atoms with Gasteiger partial charge in [0.25, 0.3) is 5.91 Å². The first-order chi connectivity index (χ1) is 17.1. The second kappa shape index (κ2) is 8.62. The lowest BCUT2D eigenvalue weighted by Crippen LogP contribution is -2.50. The second-order valence-corrected chi connectivity index (χ2v) is 9.39. The molecule has 0 radical (unpaired) electrons. The van der Waals surface area contributed by atoms with E-state index in [4.69, 9.17) is 14.7 Å². The van der Waals surface area contributed by atoms with Gasteiger partial charge in [-0.25, -0.2) is 9.97 Å². The molecule has 0 spiro atoms. The van der Waals surface area contributed by atoms with Crippen molar-refractivity contribution < 1.29 is 14.6 Å². The number of methoxy groups -OCH3 is 1. The molecule has 6 rings (SSSR count). The summed E-state index contributed by atoms with van der Waals surface area (Å²) in [6, 6.07) is 5.90. The minimum absolute atomic E-state index is 0.149. The predicted octanol–water partition coefficient (Wildman–Crippen LogP) is 2.78. The number of amides is 1. The number of aliphatic hydroxyl groups is 1. The van der Waals surface area contributed by atoms with Crippen LogP contribution in [0.1, 0.15) is 48.5 Å². The Bertz CT molecular complexity index is 1410. The summed E-state index contributed by atoms with van der Waals surface area (Å²) in [5.74, 6) is 0.432. The fourth-order valence-electron chi connectivity index (χ4n) is 5.38. The van der Waals surface area contributed by atoms with Gasteiger partial charge in [0.05, 0.1) is 36.2 Å². The number of aliphatic hydroxyl groups excluding tert-OH is 1. The molecule has 10 heteroatoms. The zero-order chi connectivity index (χ0) is 24.1. The van der Waals surface area contributed by atoms with Crippen LogP contribution in [0.15, 0.2) is 36.8 Å².